The van der Waals surface area contributed by atoms with Gasteiger partial charge in [0, 0.05) is 5.56 Å². The normalized spacial score (nSPS) is 10.4. The zero-order chi connectivity index (χ0) is 12.1. The Kier molecular flexibility index (Phi) is 4.07. The standard InChI is InChI=1S/C10H13N3O2S/c1-6-3-8(14)7(4-9(6)15-2)5-12-13-10(11)16/h3-5,14H,1-2H3,(H3,11,13,16). The molecule has 0 heterocycles. The Morgan fingerprint density at radius 2 is 2.31 bits per heavy atom. The Morgan fingerprint density at radius 3 is 2.88 bits per heavy atom. The highest BCUT2D eigenvalue weighted by Crippen LogP contribution is 2.25. The summed E-state index contributed by atoms with van der Waals surface area (Å²) in [7, 11) is 1.56. The number of phenolic OH excluding ortho intramolecular Hbond substituents is 1. The summed E-state index contributed by atoms with van der Waals surface area (Å²) in [6, 6.07) is 3.27. The predicted octanol–water partition coefficient (Wildman–Crippen LogP) is 0.876. The SMILES string of the molecule is COc1cc(C=NNC(N)=S)c(O)cc1C. The predicted molar refractivity (Wildman–Crippen MR) is 66.9 cm³/mol. The Balaban J connectivity index is 2.95. The van der Waals surface area contributed by atoms with Crippen LogP contribution in [0.15, 0.2) is 17.2 Å². The number of hydrogen-bond donors (Lipinski definition) is 3. The van der Waals surface area contributed by atoms with Crippen LogP contribution in [0.2, 0.25) is 0 Å². The molecule has 0 aliphatic rings. The second kappa shape index (κ2) is 5.32. The maximum Gasteiger partial charge on any atom is 0.184 e. The second-order valence-electron chi connectivity index (χ2n) is 3.11. The molecule has 1 aromatic rings. The van der Waals surface area contributed by atoms with Gasteiger partial charge in [-0.1, -0.05) is 0 Å². The first-order chi connectivity index (χ1) is 7.54. The van der Waals surface area contributed by atoms with Gasteiger partial charge in [0.15, 0.2) is 5.11 Å². The van der Waals surface area contributed by atoms with Crippen LogP contribution >= 0.6 is 12.2 Å². The average Bonchev–Trinajstić information content (AvgIpc) is 2.20. The maximum atomic E-state index is 9.64. The highest BCUT2D eigenvalue weighted by molar-refractivity contribution is 7.80. The first-order valence-corrected chi connectivity index (χ1v) is 4.91. The van der Waals surface area contributed by atoms with Gasteiger partial charge in [-0.3, -0.25) is 5.43 Å². The van der Waals surface area contributed by atoms with E-state index in [1.54, 1.807) is 19.2 Å². The third-order valence-corrected chi connectivity index (χ3v) is 2.01. The number of nitrogens with two attached hydrogens (primary N) is 1. The summed E-state index contributed by atoms with van der Waals surface area (Å²) >= 11 is 4.58. The molecule has 0 amide bonds. The fourth-order valence-corrected chi connectivity index (χ4v) is 1.23. The van der Waals surface area contributed by atoms with Crippen molar-refractivity contribution in [1.82, 2.24) is 5.43 Å². The average molecular weight is 239 g/mol. The summed E-state index contributed by atoms with van der Waals surface area (Å²) < 4.78 is 5.12. The summed E-state index contributed by atoms with van der Waals surface area (Å²) in [5.74, 6) is 0.793. The lowest BCUT2D eigenvalue weighted by molar-refractivity contribution is 0.409. The molecule has 5 nitrogen and oxygen atoms in total. The molecule has 1 rings (SSSR count). The number of nitrogens with zero attached hydrogens (tertiary/aromatic N) is 1. The smallest absolute Gasteiger partial charge is 0.184 e. The van der Waals surface area contributed by atoms with Crippen molar-refractivity contribution < 1.29 is 9.84 Å². The van der Waals surface area contributed by atoms with E-state index in [-0.39, 0.29) is 10.9 Å². The summed E-state index contributed by atoms with van der Waals surface area (Å²) in [4.78, 5) is 0. The van der Waals surface area contributed by atoms with Crippen LogP contribution in [0.5, 0.6) is 11.5 Å². The van der Waals surface area contributed by atoms with Crippen LogP contribution in [0.4, 0.5) is 0 Å². The van der Waals surface area contributed by atoms with Crippen molar-refractivity contribution in [3.05, 3.63) is 23.3 Å². The molecule has 86 valence electrons. The van der Waals surface area contributed by atoms with Crippen molar-refractivity contribution in [2.45, 2.75) is 6.92 Å². The third-order valence-electron chi connectivity index (χ3n) is 1.92. The van der Waals surface area contributed by atoms with Crippen molar-refractivity contribution in [1.29, 1.82) is 0 Å². The van der Waals surface area contributed by atoms with E-state index < -0.39 is 0 Å². The fourth-order valence-electron chi connectivity index (χ4n) is 1.18. The van der Waals surface area contributed by atoms with Crippen LogP contribution < -0.4 is 15.9 Å². The van der Waals surface area contributed by atoms with E-state index in [9.17, 15) is 5.11 Å². The molecule has 0 aliphatic heterocycles. The lowest BCUT2D eigenvalue weighted by Gasteiger charge is -2.07. The molecule has 0 bridgehead atoms. The largest absolute Gasteiger partial charge is 0.507 e. The summed E-state index contributed by atoms with van der Waals surface area (Å²) in [6.45, 7) is 1.84. The molecule has 0 spiro atoms. The molecule has 0 fully saturated rings. The van der Waals surface area contributed by atoms with E-state index in [4.69, 9.17) is 10.5 Å². The molecule has 0 aliphatic carbocycles. The molecule has 0 saturated carbocycles. The number of hydrogen-bond acceptors (Lipinski definition) is 4. The van der Waals surface area contributed by atoms with Gasteiger partial charge in [0.05, 0.1) is 13.3 Å². The molecule has 16 heavy (non-hydrogen) atoms. The van der Waals surface area contributed by atoms with Crippen LogP contribution in [-0.4, -0.2) is 23.5 Å². The zero-order valence-electron chi connectivity index (χ0n) is 9.02. The van der Waals surface area contributed by atoms with Crippen molar-refractivity contribution >= 4 is 23.5 Å². The third kappa shape index (κ3) is 3.09. The van der Waals surface area contributed by atoms with Crippen molar-refractivity contribution in [2.24, 2.45) is 10.8 Å². The second-order valence-corrected chi connectivity index (χ2v) is 3.55. The Hall–Kier alpha value is -1.82. The Morgan fingerprint density at radius 1 is 1.62 bits per heavy atom. The number of aromatic hydroxyl groups is 1. The number of nitrogens with one attached hydrogen (secondary N) is 1. The molecule has 6 heteroatoms. The minimum absolute atomic E-state index is 0.0646. The number of hydrazone groups is 1. The molecule has 0 saturated heterocycles. The number of ether oxygens (including phenoxy) is 1. The number of methoxy groups -OCH3 is 1. The van der Waals surface area contributed by atoms with Gasteiger partial charge in [-0.2, -0.15) is 5.10 Å². The molecule has 0 aromatic heterocycles. The molecular formula is C10H13N3O2S. The van der Waals surface area contributed by atoms with E-state index in [0.29, 0.717) is 11.3 Å². The number of thiocarbonyl (C=S) groups is 1. The first-order valence-electron chi connectivity index (χ1n) is 4.50. The number of aryl methyl sites for hydroxylation is 1. The van der Waals surface area contributed by atoms with E-state index in [2.05, 4.69) is 22.7 Å². The van der Waals surface area contributed by atoms with Gasteiger partial charge in [-0.15, -0.1) is 0 Å². The van der Waals surface area contributed by atoms with Crippen LogP contribution in [-0.2, 0) is 0 Å². The molecule has 0 unspecified atom stereocenters. The van der Waals surface area contributed by atoms with E-state index >= 15 is 0 Å². The van der Waals surface area contributed by atoms with Crippen molar-refractivity contribution in [3.63, 3.8) is 0 Å². The van der Waals surface area contributed by atoms with E-state index in [1.165, 1.54) is 6.21 Å². The van der Waals surface area contributed by atoms with Gasteiger partial charge in [0.1, 0.15) is 11.5 Å². The Bertz CT molecular complexity index is 432. The monoisotopic (exact) mass is 239 g/mol. The lowest BCUT2D eigenvalue weighted by Crippen LogP contribution is -2.24. The van der Waals surface area contributed by atoms with E-state index in [1.807, 2.05) is 6.92 Å². The van der Waals surface area contributed by atoms with E-state index in [0.717, 1.165) is 5.56 Å². The summed E-state index contributed by atoms with van der Waals surface area (Å²) in [5.41, 5.74) is 8.96. The van der Waals surface area contributed by atoms with Crippen molar-refractivity contribution in [3.8, 4) is 11.5 Å². The molecular weight excluding hydrogens is 226 g/mol. The van der Waals surface area contributed by atoms with Crippen LogP contribution in [0.3, 0.4) is 0 Å². The lowest BCUT2D eigenvalue weighted by atomic mass is 10.1. The minimum Gasteiger partial charge on any atom is -0.507 e. The Labute approximate surface area is 98.9 Å². The van der Waals surface area contributed by atoms with Gasteiger partial charge < -0.3 is 15.6 Å². The molecule has 4 N–H and O–H groups in total. The molecule has 0 atom stereocenters. The topological polar surface area (TPSA) is 79.9 Å². The highest BCUT2D eigenvalue weighted by atomic mass is 32.1. The first kappa shape index (κ1) is 12.3. The highest BCUT2D eigenvalue weighted by Gasteiger charge is 2.04. The zero-order valence-corrected chi connectivity index (χ0v) is 9.84. The van der Waals surface area contributed by atoms with Gasteiger partial charge in [0.2, 0.25) is 0 Å². The van der Waals surface area contributed by atoms with Crippen LogP contribution in [0, 0.1) is 6.92 Å². The summed E-state index contributed by atoms with van der Waals surface area (Å²) in [5, 5.41) is 13.5. The molecule has 1 aromatic carbocycles. The molecule has 0 radical (unpaired) electrons. The quantitative estimate of drug-likeness (QED) is 0.414. The van der Waals surface area contributed by atoms with Crippen molar-refractivity contribution in [2.75, 3.05) is 7.11 Å². The number of phenols is 1. The van der Waals surface area contributed by atoms with Crippen LogP contribution in [0.1, 0.15) is 11.1 Å². The van der Waals surface area contributed by atoms with Gasteiger partial charge >= 0.3 is 0 Å². The number of benzene rings is 1. The minimum atomic E-state index is 0.0646. The van der Waals surface area contributed by atoms with Crippen LogP contribution in [0.25, 0.3) is 0 Å². The fraction of sp³-hybridized carbons (Fsp3) is 0.200. The van der Waals surface area contributed by atoms with Gasteiger partial charge in [-0.25, -0.2) is 0 Å². The maximum absolute atomic E-state index is 9.64. The van der Waals surface area contributed by atoms with Gasteiger partial charge in [-0.05, 0) is 36.8 Å². The summed E-state index contributed by atoms with van der Waals surface area (Å²) in [6.07, 6.45) is 1.41. The number of rotatable bonds is 3. The van der Waals surface area contributed by atoms with Gasteiger partial charge in [0.25, 0.3) is 0 Å².